The fourth-order valence-corrected chi connectivity index (χ4v) is 3.06. The van der Waals surface area contributed by atoms with Crippen molar-refractivity contribution in [3.05, 3.63) is 65.3 Å². The smallest absolute Gasteiger partial charge is 0.422 e. The largest absolute Gasteiger partial charge is 0.443 e. The number of rotatable bonds is 3. The molecule has 7 nitrogen and oxygen atoms in total. The van der Waals surface area contributed by atoms with Gasteiger partial charge in [-0.25, -0.2) is 9.69 Å². The fraction of sp³-hybridized carbons (Fsp3) is 0.360. The molecule has 0 fully saturated rings. The molecule has 0 aliphatic carbocycles. The number of ether oxygens (including phenoxy) is 1. The summed E-state index contributed by atoms with van der Waals surface area (Å²) in [6, 6.07) is 10.2. The minimum absolute atomic E-state index is 0.133. The molecule has 3 rings (SSSR count). The van der Waals surface area contributed by atoms with Crippen LogP contribution in [0.4, 0.5) is 14.9 Å². The van der Waals surface area contributed by atoms with Crippen LogP contribution in [0.2, 0.25) is 0 Å². The van der Waals surface area contributed by atoms with Crippen LogP contribution in [-0.2, 0) is 10.2 Å². The summed E-state index contributed by atoms with van der Waals surface area (Å²) >= 11 is 0. The van der Waals surface area contributed by atoms with Gasteiger partial charge in [-0.1, -0.05) is 38.1 Å². The molecule has 0 aliphatic rings. The van der Waals surface area contributed by atoms with E-state index in [0.29, 0.717) is 0 Å². The SMILES string of the molecule is Cc1ccnc(-c2noc(C(=O)N(C(=O)OC(C)(C)C)c3ccc(C(C)(C)C)cc3)c2F)c1. The van der Waals surface area contributed by atoms with Gasteiger partial charge in [0.1, 0.15) is 5.60 Å². The van der Waals surface area contributed by atoms with Crippen LogP contribution in [0, 0.1) is 12.7 Å². The van der Waals surface area contributed by atoms with Crippen molar-refractivity contribution in [1.82, 2.24) is 10.1 Å². The van der Waals surface area contributed by atoms with Crippen LogP contribution in [0.1, 0.15) is 63.2 Å². The molecule has 0 N–H and O–H groups in total. The summed E-state index contributed by atoms with van der Waals surface area (Å²) in [6.07, 6.45) is 0.548. The molecule has 0 unspecified atom stereocenters. The summed E-state index contributed by atoms with van der Waals surface area (Å²) in [5.74, 6) is -2.74. The van der Waals surface area contributed by atoms with Gasteiger partial charge in [0.25, 0.3) is 5.76 Å². The second-order valence-corrected chi connectivity index (χ2v) is 9.81. The zero-order chi connectivity index (χ0) is 24.6. The molecule has 8 heteroatoms. The molecule has 0 saturated carbocycles. The molecule has 33 heavy (non-hydrogen) atoms. The minimum Gasteiger partial charge on any atom is -0.443 e. The second-order valence-electron chi connectivity index (χ2n) is 9.81. The molecule has 2 aromatic heterocycles. The normalized spacial score (nSPS) is 11.9. The maximum absolute atomic E-state index is 15.2. The van der Waals surface area contributed by atoms with Crippen LogP contribution >= 0.6 is 0 Å². The van der Waals surface area contributed by atoms with Crippen molar-refractivity contribution in [3.8, 4) is 11.4 Å². The summed E-state index contributed by atoms with van der Waals surface area (Å²) in [5, 5.41) is 3.69. The van der Waals surface area contributed by atoms with E-state index in [1.807, 2.05) is 27.7 Å². The maximum atomic E-state index is 15.2. The molecular weight excluding hydrogens is 425 g/mol. The highest BCUT2D eigenvalue weighted by atomic mass is 19.1. The van der Waals surface area contributed by atoms with Crippen molar-refractivity contribution in [3.63, 3.8) is 0 Å². The molecule has 174 valence electrons. The van der Waals surface area contributed by atoms with Gasteiger partial charge in [0.15, 0.2) is 5.69 Å². The van der Waals surface area contributed by atoms with Crippen molar-refractivity contribution >= 4 is 17.7 Å². The van der Waals surface area contributed by atoms with Crippen LogP contribution in [-0.4, -0.2) is 27.7 Å². The molecule has 1 aromatic carbocycles. The number of hydrogen-bond donors (Lipinski definition) is 0. The molecule has 3 aromatic rings. The van der Waals surface area contributed by atoms with Crippen molar-refractivity contribution in [2.45, 2.75) is 59.5 Å². The summed E-state index contributed by atoms with van der Waals surface area (Å²) in [7, 11) is 0. The van der Waals surface area contributed by atoms with Crippen LogP contribution in [0.5, 0.6) is 0 Å². The molecule has 0 radical (unpaired) electrons. The Kier molecular flexibility index (Phi) is 6.40. The number of nitrogens with zero attached hydrogens (tertiary/aromatic N) is 3. The number of carbonyl (C=O) groups is 2. The van der Waals surface area contributed by atoms with Gasteiger partial charge >= 0.3 is 12.0 Å². The van der Waals surface area contributed by atoms with E-state index in [-0.39, 0.29) is 22.5 Å². The Morgan fingerprint density at radius 1 is 1.03 bits per heavy atom. The average Bonchev–Trinajstić information content (AvgIpc) is 3.08. The lowest BCUT2D eigenvalue weighted by Gasteiger charge is -2.26. The zero-order valence-electron chi connectivity index (χ0n) is 19.9. The molecule has 0 saturated heterocycles. The average molecular weight is 454 g/mol. The Bertz CT molecular complexity index is 1170. The molecule has 0 bridgehead atoms. The first kappa shape index (κ1) is 24.1. The van der Waals surface area contributed by atoms with E-state index in [0.717, 1.165) is 16.0 Å². The first-order valence-electron chi connectivity index (χ1n) is 10.5. The fourth-order valence-electron chi connectivity index (χ4n) is 3.06. The third-order valence-corrected chi connectivity index (χ3v) is 4.76. The zero-order valence-corrected chi connectivity index (χ0v) is 19.9. The maximum Gasteiger partial charge on any atom is 0.422 e. The van der Waals surface area contributed by atoms with Crippen molar-refractivity contribution < 1.29 is 23.2 Å². The van der Waals surface area contributed by atoms with Crippen LogP contribution in [0.3, 0.4) is 0 Å². The topological polar surface area (TPSA) is 85.5 Å². The third-order valence-electron chi connectivity index (χ3n) is 4.76. The number of hydrogen-bond acceptors (Lipinski definition) is 6. The number of halogens is 1. The summed E-state index contributed by atoms with van der Waals surface area (Å²) in [4.78, 5) is 31.1. The number of aryl methyl sites for hydroxylation is 1. The molecule has 2 amide bonds. The first-order valence-corrected chi connectivity index (χ1v) is 10.5. The van der Waals surface area contributed by atoms with Gasteiger partial charge < -0.3 is 9.26 Å². The van der Waals surface area contributed by atoms with E-state index in [9.17, 15) is 9.59 Å². The standard InChI is InChI=1S/C25H28FN3O4/c1-15-12-13-27-18(14-15)20-19(26)21(33-28-20)22(30)29(23(31)32-25(5,6)7)17-10-8-16(9-11-17)24(2,3)4/h8-14H,1-7H3. The van der Waals surface area contributed by atoms with E-state index in [1.165, 1.54) is 6.20 Å². The summed E-state index contributed by atoms with van der Waals surface area (Å²) in [6.45, 7) is 13.0. The highest BCUT2D eigenvalue weighted by molar-refractivity contribution is 6.18. The molecule has 0 spiro atoms. The Hall–Kier alpha value is -3.55. The van der Waals surface area contributed by atoms with E-state index >= 15 is 4.39 Å². The Morgan fingerprint density at radius 2 is 1.67 bits per heavy atom. The molecule has 2 heterocycles. The van der Waals surface area contributed by atoms with Gasteiger partial charge in [-0.3, -0.25) is 9.78 Å². The monoisotopic (exact) mass is 453 g/mol. The predicted octanol–water partition coefficient (Wildman–Crippen LogP) is 6.06. The van der Waals surface area contributed by atoms with E-state index in [1.54, 1.807) is 57.2 Å². The Balaban J connectivity index is 2.04. The van der Waals surface area contributed by atoms with Gasteiger partial charge in [-0.2, -0.15) is 4.39 Å². The number of carbonyl (C=O) groups excluding carboxylic acids is 2. The van der Waals surface area contributed by atoms with Crippen molar-refractivity contribution in [2.75, 3.05) is 4.90 Å². The minimum atomic E-state index is -1.03. The molecule has 0 atom stereocenters. The van der Waals surface area contributed by atoms with E-state index < -0.39 is 29.2 Å². The third kappa shape index (κ3) is 5.45. The van der Waals surface area contributed by atoms with Gasteiger partial charge in [-0.05, 0) is 68.5 Å². The lowest BCUT2D eigenvalue weighted by atomic mass is 9.87. The number of pyridine rings is 1. The molecule has 0 aliphatic heterocycles. The summed E-state index contributed by atoms with van der Waals surface area (Å²) in [5.41, 5.74) is 1.05. The lowest BCUT2D eigenvalue weighted by molar-refractivity contribution is 0.0558. The molecular formula is C25H28FN3O4. The lowest BCUT2D eigenvalue weighted by Crippen LogP contribution is -2.41. The first-order chi connectivity index (χ1) is 15.3. The van der Waals surface area contributed by atoms with Crippen molar-refractivity contribution in [2.24, 2.45) is 0 Å². The Morgan fingerprint density at radius 3 is 2.21 bits per heavy atom. The van der Waals surface area contributed by atoms with Gasteiger partial charge in [0, 0.05) is 6.20 Å². The predicted molar refractivity (Wildman–Crippen MR) is 123 cm³/mol. The number of amides is 2. The van der Waals surface area contributed by atoms with Crippen LogP contribution < -0.4 is 4.90 Å². The highest BCUT2D eigenvalue weighted by Gasteiger charge is 2.35. The van der Waals surface area contributed by atoms with Gasteiger partial charge in [-0.15, -0.1) is 0 Å². The van der Waals surface area contributed by atoms with Gasteiger partial charge in [0.05, 0.1) is 11.4 Å². The van der Waals surface area contributed by atoms with Crippen LogP contribution in [0.25, 0.3) is 11.4 Å². The van der Waals surface area contributed by atoms with Crippen LogP contribution in [0.15, 0.2) is 47.1 Å². The summed E-state index contributed by atoms with van der Waals surface area (Å²) < 4.78 is 25.7. The number of anilines is 1. The number of imide groups is 1. The van der Waals surface area contributed by atoms with Gasteiger partial charge in [0.2, 0.25) is 5.82 Å². The van der Waals surface area contributed by atoms with Crippen molar-refractivity contribution in [1.29, 1.82) is 0 Å². The Labute approximate surface area is 192 Å². The number of benzene rings is 1. The highest BCUT2D eigenvalue weighted by Crippen LogP contribution is 2.29. The quantitative estimate of drug-likeness (QED) is 0.479. The van der Waals surface area contributed by atoms with E-state index in [2.05, 4.69) is 10.1 Å². The van der Waals surface area contributed by atoms with E-state index in [4.69, 9.17) is 9.26 Å². The number of aromatic nitrogens is 2. The second kappa shape index (κ2) is 8.77.